The largest absolute Gasteiger partial charge is 0.310 e. The highest BCUT2D eigenvalue weighted by Gasteiger charge is 2.17. The van der Waals surface area contributed by atoms with Gasteiger partial charge in [0.2, 0.25) is 0 Å². The van der Waals surface area contributed by atoms with E-state index >= 15 is 0 Å². The number of hydrogen-bond acceptors (Lipinski definition) is 1. The third-order valence-corrected chi connectivity index (χ3v) is 6.87. The molecule has 0 N–H and O–H groups in total. The predicted molar refractivity (Wildman–Crippen MR) is 192 cm³/mol. The zero-order valence-electron chi connectivity index (χ0n) is 47.0. The third kappa shape index (κ3) is 5.15. The Labute approximate surface area is 298 Å². The van der Waals surface area contributed by atoms with Gasteiger partial charge in [-0.3, -0.25) is 0 Å². The van der Waals surface area contributed by atoms with E-state index in [1.54, 1.807) is 36.4 Å². The van der Waals surface area contributed by atoms with Gasteiger partial charge in [-0.25, -0.2) is 0 Å². The van der Waals surface area contributed by atoms with Crippen LogP contribution in [0.4, 0.5) is 17.1 Å². The quantitative estimate of drug-likeness (QED) is 0.184. The molecule has 0 aliphatic carbocycles. The van der Waals surface area contributed by atoms with Gasteiger partial charge in [-0.05, 0) is 79.8 Å². The molecular weight excluding hydrogens is 542 g/mol. The highest BCUT2D eigenvalue weighted by molar-refractivity contribution is 6.01. The van der Waals surface area contributed by atoms with E-state index in [9.17, 15) is 9.60 Å². The molecule has 0 heterocycles. The summed E-state index contributed by atoms with van der Waals surface area (Å²) in [6.07, 6.45) is 0. The van der Waals surface area contributed by atoms with E-state index in [4.69, 9.17) is 23.3 Å². The normalized spacial score (nSPS) is 18.6. The minimum absolute atomic E-state index is 0.184. The average molecular weight is 598 g/mol. The van der Waals surface area contributed by atoms with Crippen LogP contribution in [0, 0.1) is 0 Å². The van der Waals surface area contributed by atoms with Crippen molar-refractivity contribution in [2.45, 2.75) is 0 Å². The fraction of sp³-hybridized carbons (Fsp3) is 0. The van der Waals surface area contributed by atoms with E-state index in [2.05, 4.69) is 0 Å². The van der Waals surface area contributed by atoms with Crippen LogP contribution in [0.25, 0.3) is 54.9 Å². The molecule has 0 unspecified atom stereocenters. The predicted octanol–water partition coefficient (Wildman–Crippen LogP) is 12.5. The van der Waals surface area contributed by atoms with Crippen LogP contribution in [0.2, 0.25) is 0 Å². The summed E-state index contributed by atoms with van der Waals surface area (Å²) in [6, 6.07) is -10.7. The number of fused-ring (bicyclic) bond motifs is 2. The van der Waals surface area contributed by atoms with Crippen LogP contribution in [0.1, 0.15) is 32.9 Å². The summed E-state index contributed by atoms with van der Waals surface area (Å²) in [5, 5.41) is -0.245. The van der Waals surface area contributed by atoms with E-state index in [0.29, 0.717) is 15.7 Å². The Kier molecular flexibility index (Phi) is 2.98. The molecule has 0 amide bonds. The zero-order chi connectivity index (χ0) is 50.9. The fourth-order valence-electron chi connectivity index (χ4n) is 4.81. The number of benzene rings is 8. The molecule has 0 saturated carbocycles. The lowest BCUT2D eigenvalue weighted by molar-refractivity contribution is 1.30. The molecule has 1 nitrogen and oxygen atoms in total. The lowest BCUT2D eigenvalue weighted by Crippen LogP contribution is -2.10. The molecule has 212 valence electrons. The zero-order valence-corrected chi connectivity index (χ0v) is 23.0. The van der Waals surface area contributed by atoms with Gasteiger partial charge in [0.25, 0.3) is 0 Å². The van der Waals surface area contributed by atoms with Crippen molar-refractivity contribution in [3.05, 3.63) is 187 Å². The molecule has 8 aromatic rings. The van der Waals surface area contributed by atoms with E-state index in [1.165, 1.54) is 6.07 Å². The summed E-state index contributed by atoms with van der Waals surface area (Å²) in [5.41, 5.74) is -5.88. The second kappa shape index (κ2) is 11.6. The van der Waals surface area contributed by atoms with Crippen molar-refractivity contribution in [2.75, 3.05) is 4.90 Å². The average Bonchev–Trinajstić information content (AvgIpc) is 3.32. The lowest BCUT2D eigenvalue weighted by atomic mass is 9.97. The van der Waals surface area contributed by atoms with Gasteiger partial charge in [-0.15, -0.1) is 0 Å². The van der Waals surface area contributed by atoms with E-state index < -0.39 is 195 Å². The first kappa shape index (κ1) is 11.5. The van der Waals surface area contributed by atoms with Crippen molar-refractivity contribution in [3.63, 3.8) is 0 Å². The van der Waals surface area contributed by atoms with Gasteiger partial charge in [0, 0.05) is 16.8 Å². The van der Waals surface area contributed by atoms with Crippen molar-refractivity contribution < 1.29 is 32.9 Å². The molecule has 0 aliphatic rings. The van der Waals surface area contributed by atoms with Crippen LogP contribution in [0.5, 0.6) is 0 Å². The van der Waals surface area contributed by atoms with Crippen molar-refractivity contribution in [1.29, 1.82) is 0 Å². The summed E-state index contributed by atoms with van der Waals surface area (Å²) >= 11 is 0. The molecule has 0 spiro atoms. The molecule has 0 bridgehead atoms. The SMILES string of the molecule is [2H]c1c([2H])c([2H])c(-c2c([2H])c([2H])c(-c3c([2H])c([2H])c(N(c4c([2H])c([2H])c([2H])c(-c5cccc6ccccc56)c4[2H])c4c([2H])c([2H])c([2H])c5c([2H])c([2H])c([2H])c([2H])c45)c([2H])c3[2H])c([2H])c2[2H])c([2H])c1[2H]. The smallest absolute Gasteiger partial charge is 0.0651 e. The van der Waals surface area contributed by atoms with Gasteiger partial charge in [0.15, 0.2) is 0 Å². The molecule has 0 radical (unpaired) electrons. The van der Waals surface area contributed by atoms with Crippen LogP contribution < -0.4 is 4.90 Å². The van der Waals surface area contributed by atoms with E-state index in [-0.39, 0.29) is 11.1 Å². The van der Waals surface area contributed by atoms with E-state index in [0.717, 1.165) is 0 Å². The highest BCUT2D eigenvalue weighted by atomic mass is 15.1. The Morgan fingerprint density at radius 1 is 0.378 bits per heavy atom. The summed E-state index contributed by atoms with van der Waals surface area (Å²) in [4.78, 5) is 0.584. The van der Waals surface area contributed by atoms with Crippen molar-refractivity contribution in [1.82, 2.24) is 0 Å². The maximum absolute atomic E-state index is 9.77. The number of anilines is 3. The Morgan fingerprint density at radius 3 is 1.78 bits per heavy atom. The summed E-state index contributed by atoms with van der Waals surface area (Å²) < 4.78 is 214. The molecule has 0 saturated heterocycles. The standard InChI is InChI=1S/C44H31N/c1-2-11-32(12-3-1)33-23-25-34(26-24-33)35-27-29-39(30-28-35)45(44-22-10-16-37-14-5-7-20-43(37)44)40-18-8-17-38(31-40)42-21-9-15-36-13-4-6-19-41(36)42/h1-31H/i1D,2D,3D,5D,7D,8D,10D,11D,12D,14D,16D,17D,18D,20D,22D,23D,24D,25D,26D,27D,28D,29D,30D,31D. The van der Waals surface area contributed by atoms with Crippen LogP contribution in [-0.2, 0) is 0 Å². The summed E-state index contributed by atoms with van der Waals surface area (Å²) in [6.45, 7) is 0. The Morgan fingerprint density at radius 2 is 0.978 bits per heavy atom. The number of hydrogen-bond donors (Lipinski definition) is 0. The molecule has 0 aliphatic heterocycles. The molecule has 0 atom stereocenters. The van der Waals surface area contributed by atoms with Crippen LogP contribution >= 0.6 is 0 Å². The molecule has 8 rings (SSSR count). The first-order valence-corrected chi connectivity index (χ1v) is 13.5. The second-order valence-electron chi connectivity index (χ2n) is 9.53. The van der Waals surface area contributed by atoms with Gasteiger partial charge in [-0.1, -0.05) is 157 Å². The van der Waals surface area contributed by atoms with Gasteiger partial charge in [-0.2, -0.15) is 0 Å². The molecule has 45 heavy (non-hydrogen) atoms. The maximum atomic E-state index is 9.77. The maximum Gasteiger partial charge on any atom is 0.0651 e. The topological polar surface area (TPSA) is 3.24 Å². The Hall–Kier alpha value is -5.92. The molecular formula is C44H31N. The lowest BCUT2D eigenvalue weighted by Gasteiger charge is -2.27. The van der Waals surface area contributed by atoms with Crippen molar-refractivity contribution >= 4 is 38.6 Å². The molecule has 0 aromatic heterocycles. The Balaban J connectivity index is 1.55. The molecule has 0 fully saturated rings. The monoisotopic (exact) mass is 597 g/mol. The highest BCUT2D eigenvalue weighted by Crippen LogP contribution is 2.41. The number of rotatable bonds is 6. The summed E-state index contributed by atoms with van der Waals surface area (Å²) in [5.74, 6) is 0. The van der Waals surface area contributed by atoms with E-state index in [1.807, 2.05) is 0 Å². The third-order valence-electron chi connectivity index (χ3n) is 6.87. The van der Waals surface area contributed by atoms with Crippen molar-refractivity contribution in [3.8, 4) is 33.4 Å². The van der Waals surface area contributed by atoms with Crippen LogP contribution in [0.3, 0.4) is 0 Å². The molecule has 1 heteroatoms. The number of nitrogens with zero attached hydrogens (tertiary/aromatic N) is 1. The first-order chi connectivity index (χ1) is 32.3. The molecule has 8 aromatic carbocycles. The van der Waals surface area contributed by atoms with Gasteiger partial charge >= 0.3 is 0 Å². The van der Waals surface area contributed by atoms with Crippen LogP contribution in [0.15, 0.2) is 187 Å². The second-order valence-corrected chi connectivity index (χ2v) is 9.53. The minimum atomic E-state index is -1.14. The summed E-state index contributed by atoms with van der Waals surface area (Å²) in [7, 11) is 0. The van der Waals surface area contributed by atoms with Crippen LogP contribution in [-0.4, -0.2) is 0 Å². The van der Waals surface area contributed by atoms with Gasteiger partial charge in [0.05, 0.1) is 38.6 Å². The van der Waals surface area contributed by atoms with Crippen molar-refractivity contribution in [2.24, 2.45) is 0 Å². The first-order valence-electron chi connectivity index (χ1n) is 25.5. The minimum Gasteiger partial charge on any atom is -0.310 e. The fourth-order valence-corrected chi connectivity index (χ4v) is 4.81. The Bertz CT molecular complexity index is 3520. The van der Waals surface area contributed by atoms with Gasteiger partial charge in [0.1, 0.15) is 0 Å². The van der Waals surface area contributed by atoms with Gasteiger partial charge < -0.3 is 4.90 Å².